The van der Waals surface area contributed by atoms with E-state index < -0.39 is 34.9 Å². The lowest BCUT2D eigenvalue weighted by molar-refractivity contribution is -0.159. The van der Waals surface area contributed by atoms with Gasteiger partial charge in [-0.2, -0.15) is 17.6 Å². The highest BCUT2D eigenvalue weighted by Gasteiger charge is 2.58. The van der Waals surface area contributed by atoms with E-state index in [0.717, 1.165) is 0 Å². The van der Waals surface area contributed by atoms with Crippen LogP contribution < -0.4 is 0 Å². The van der Waals surface area contributed by atoms with E-state index in [2.05, 4.69) is 0 Å². The first-order chi connectivity index (χ1) is 6.25. The van der Waals surface area contributed by atoms with Gasteiger partial charge in [-0.3, -0.25) is 0 Å². The molecule has 0 radical (unpaired) electrons. The Kier molecular flexibility index (Phi) is 4.79. The van der Waals surface area contributed by atoms with Gasteiger partial charge in [0.25, 0.3) is 0 Å². The van der Waals surface area contributed by atoms with E-state index in [9.17, 15) is 26.0 Å². The molecule has 0 fully saturated rings. The van der Waals surface area contributed by atoms with Crippen LogP contribution in [0.4, 0.5) is 17.6 Å². The van der Waals surface area contributed by atoms with Gasteiger partial charge in [-0.1, -0.05) is 0 Å². The van der Waals surface area contributed by atoms with Crippen molar-refractivity contribution < 1.29 is 31.1 Å². The average Bonchev–Trinajstić information content (AvgIpc) is 2.04. The summed E-state index contributed by atoms with van der Waals surface area (Å²) in [6, 6.07) is 0. The van der Waals surface area contributed by atoms with Crippen LogP contribution in [0.1, 0.15) is 19.3 Å². The van der Waals surface area contributed by atoms with Gasteiger partial charge in [-0.05, 0) is 12.8 Å². The number of rotatable bonds is 6. The van der Waals surface area contributed by atoms with E-state index in [1.54, 1.807) is 0 Å². The molecule has 0 amide bonds. The van der Waals surface area contributed by atoms with Crippen molar-refractivity contribution in [2.45, 2.75) is 30.4 Å². The van der Waals surface area contributed by atoms with Crippen LogP contribution in [-0.2, 0) is 10.7 Å². The van der Waals surface area contributed by atoms with Crippen molar-refractivity contribution in [3.8, 4) is 0 Å². The topological polar surface area (TPSA) is 54.4 Å². The number of aliphatic hydroxyl groups excluding tert-OH is 1. The summed E-state index contributed by atoms with van der Waals surface area (Å²) in [6.07, 6.45) is -1.69. The normalized spacial score (nSPS) is 13.6. The summed E-state index contributed by atoms with van der Waals surface area (Å²) in [5.74, 6) is -4.57. The zero-order valence-corrected chi connectivity index (χ0v) is 7.95. The third kappa shape index (κ3) is 3.09. The maximum absolute atomic E-state index is 12.6. The molecule has 86 valence electrons. The molecule has 0 aliphatic carbocycles. The smallest absolute Gasteiger partial charge is 0.396 e. The SMILES string of the molecule is O=[SH](=O)C(F)(F)C(F)(F)CCCCO. The van der Waals surface area contributed by atoms with Crippen molar-refractivity contribution in [2.24, 2.45) is 0 Å². The summed E-state index contributed by atoms with van der Waals surface area (Å²) in [6.45, 7) is -0.398. The fourth-order valence-corrected chi connectivity index (χ4v) is 1.12. The largest absolute Gasteiger partial charge is 0.404 e. The third-order valence-corrected chi connectivity index (χ3v) is 2.35. The highest BCUT2D eigenvalue weighted by Crippen LogP contribution is 2.38. The molecule has 0 aromatic rings. The minimum atomic E-state index is -5.02. The first-order valence-electron chi connectivity index (χ1n) is 3.76. The van der Waals surface area contributed by atoms with Gasteiger partial charge < -0.3 is 5.11 Å². The van der Waals surface area contributed by atoms with Crippen LogP contribution in [0.15, 0.2) is 0 Å². The minimum absolute atomic E-state index is 0.0681. The van der Waals surface area contributed by atoms with Gasteiger partial charge in [0.1, 0.15) is 0 Å². The second kappa shape index (κ2) is 4.92. The van der Waals surface area contributed by atoms with E-state index in [1.165, 1.54) is 0 Å². The predicted molar refractivity (Wildman–Crippen MR) is 41.1 cm³/mol. The molecule has 1 N–H and O–H groups in total. The van der Waals surface area contributed by atoms with E-state index in [0.29, 0.717) is 0 Å². The quantitative estimate of drug-likeness (QED) is 0.412. The van der Waals surface area contributed by atoms with E-state index >= 15 is 0 Å². The Labute approximate surface area is 79.7 Å². The van der Waals surface area contributed by atoms with Crippen LogP contribution in [0.2, 0.25) is 0 Å². The summed E-state index contributed by atoms with van der Waals surface area (Å²) in [4.78, 5) is 0. The second-order valence-corrected chi connectivity index (χ2v) is 3.76. The second-order valence-electron chi connectivity index (χ2n) is 2.68. The summed E-state index contributed by atoms with van der Waals surface area (Å²) >= 11 is 0. The van der Waals surface area contributed by atoms with Crippen LogP contribution >= 0.6 is 0 Å². The standard InChI is InChI=1S/C6H10F4O3S/c7-5(8,3-1-2-4-11)6(9,10)14(12)13/h11,14H,1-4H2. The van der Waals surface area contributed by atoms with Gasteiger partial charge in [-0.25, -0.2) is 8.42 Å². The number of hydrogen-bond acceptors (Lipinski definition) is 3. The van der Waals surface area contributed by atoms with Crippen LogP contribution in [0.3, 0.4) is 0 Å². The zero-order valence-electron chi connectivity index (χ0n) is 7.05. The molecule has 0 saturated carbocycles. The maximum atomic E-state index is 12.6. The molecule has 0 rings (SSSR count). The summed E-state index contributed by atoms with van der Waals surface area (Å²) in [5, 5.41) is 3.21. The van der Waals surface area contributed by atoms with Gasteiger partial charge in [0, 0.05) is 13.0 Å². The van der Waals surface area contributed by atoms with Gasteiger partial charge >= 0.3 is 11.2 Å². The first-order valence-corrected chi connectivity index (χ1v) is 4.94. The molecule has 0 saturated heterocycles. The molecule has 0 aromatic heterocycles. The van der Waals surface area contributed by atoms with Crippen molar-refractivity contribution in [1.82, 2.24) is 0 Å². The van der Waals surface area contributed by atoms with Crippen LogP contribution in [0, 0.1) is 0 Å². The molecule has 0 spiro atoms. The molecule has 0 bridgehead atoms. The van der Waals surface area contributed by atoms with Crippen molar-refractivity contribution >= 4 is 10.7 Å². The summed E-state index contributed by atoms with van der Waals surface area (Å²) in [5.41, 5.74) is 0. The lowest BCUT2D eigenvalue weighted by Gasteiger charge is -2.21. The van der Waals surface area contributed by atoms with Crippen LogP contribution in [0.5, 0.6) is 0 Å². The first kappa shape index (κ1) is 13.6. The monoisotopic (exact) mass is 238 g/mol. The molecule has 3 nitrogen and oxygen atoms in total. The lowest BCUT2D eigenvalue weighted by atomic mass is 10.1. The Hall–Kier alpha value is -0.370. The maximum Gasteiger partial charge on any atom is 0.404 e. The summed E-state index contributed by atoms with van der Waals surface area (Å²) in [7, 11) is -4.50. The average molecular weight is 238 g/mol. The number of aliphatic hydroxyl groups is 1. The van der Waals surface area contributed by atoms with Gasteiger partial charge in [-0.15, -0.1) is 0 Å². The van der Waals surface area contributed by atoms with Gasteiger partial charge in [0.15, 0.2) is 0 Å². The Morgan fingerprint density at radius 1 is 1.07 bits per heavy atom. The summed E-state index contributed by atoms with van der Waals surface area (Å²) < 4.78 is 69.5. The fraction of sp³-hybridized carbons (Fsp3) is 1.00. The Morgan fingerprint density at radius 2 is 1.57 bits per heavy atom. The third-order valence-electron chi connectivity index (χ3n) is 1.57. The molecule has 0 aliphatic heterocycles. The van der Waals surface area contributed by atoms with E-state index in [1.807, 2.05) is 0 Å². The van der Waals surface area contributed by atoms with Crippen molar-refractivity contribution in [3.63, 3.8) is 0 Å². The predicted octanol–water partition coefficient (Wildman–Crippen LogP) is 0.989. The fourth-order valence-electron chi connectivity index (χ4n) is 0.743. The van der Waals surface area contributed by atoms with Gasteiger partial charge in [0.2, 0.25) is 10.7 Å². The lowest BCUT2D eigenvalue weighted by Crippen LogP contribution is -2.41. The van der Waals surface area contributed by atoms with E-state index in [4.69, 9.17) is 5.11 Å². The van der Waals surface area contributed by atoms with Crippen molar-refractivity contribution in [3.05, 3.63) is 0 Å². The molecular formula is C6H10F4O3S. The molecule has 8 heteroatoms. The Morgan fingerprint density at radius 3 is 1.93 bits per heavy atom. The molecule has 0 heterocycles. The van der Waals surface area contributed by atoms with Crippen molar-refractivity contribution in [1.29, 1.82) is 0 Å². The molecule has 0 unspecified atom stereocenters. The highest BCUT2D eigenvalue weighted by molar-refractivity contribution is 7.73. The number of unbranched alkanes of at least 4 members (excludes halogenated alkanes) is 1. The van der Waals surface area contributed by atoms with E-state index in [-0.39, 0.29) is 12.8 Å². The van der Waals surface area contributed by atoms with Crippen molar-refractivity contribution in [2.75, 3.05) is 6.61 Å². The number of hydrogen-bond donors (Lipinski definition) is 2. The molecule has 0 aromatic carbocycles. The molecule has 0 atom stereocenters. The zero-order chi connectivity index (χ0) is 11.4. The molecular weight excluding hydrogens is 228 g/mol. The number of halogens is 4. The number of thiol groups is 1. The van der Waals surface area contributed by atoms with Gasteiger partial charge in [0.05, 0.1) is 0 Å². The Bertz CT molecular complexity index is 243. The highest BCUT2D eigenvalue weighted by atomic mass is 32.2. The molecule has 0 aliphatic rings. The molecule has 14 heavy (non-hydrogen) atoms. The number of alkyl halides is 4. The Balaban J connectivity index is 4.44. The minimum Gasteiger partial charge on any atom is -0.396 e. The van der Waals surface area contributed by atoms with Crippen LogP contribution in [-0.4, -0.2) is 31.3 Å². The van der Waals surface area contributed by atoms with Crippen LogP contribution in [0.25, 0.3) is 0 Å².